The quantitative estimate of drug-likeness (QED) is 0.746. The normalized spacial score (nSPS) is 18.4. The molecule has 2 rings (SSSR count). The average Bonchev–Trinajstić information content (AvgIpc) is 2.60. The molecule has 1 N–H and O–H groups in total. The molecule has 24 heavy (non-hydrogen) atoms. The third-order valence-electron chi connectivity index (χ3n) is 5.71. The van der Waals surface area contributed by atoms with Gasteiger partial charge in [-0.1, -0.05) is 57.0 Å². The highest BCUT2D eigenvalue weighted by molar-refractivity contribution is 5.14. The smallest absolute Gasteiger partial charge is 0.0242 e. The number of piperidine rings is 1. The van der Waals surface area contributed by atoms with E-state index in [1.54, 1.807) is 0 Å². The fourth-order valence-electron chi connectivity index (χ4n) is 4.03. The highest BCUT2D eigenvalue weighted by Gasteiger charge is 2.23. The zero-order valence-electron chi connectivity index (χ0n) is 16.2. The molecule has 1 aromatic carbocycles. The van der Waals surface area contributed by atoms with Gasteiger partial charge in [0.2, 0.25) is 0 Å². The van der Waals surface area contributed by atoms with E-state index < -0.39 is 0 Å². The maximum absolute atomic E-state index is 3.87. The Hall–Kier alpha value is -0.900. The van der Waals surface area contributed by atoms with Crippen LogP contribution in [-0.2, 0) is 6.54 Å². The lowest BCUT2D eigenvalue weighted by Crippen LogP contribution is -2.49. The molecular weight excluding hydrogens is 294 g/mol. The molecule has 0 saturated carbocycles. The minimum Gasteiger partial charge on any atom is -0.312 e. The van der Waals surface area contributed by atoms with E-state index in [0.717, 1.165) is 19.0 Å². The highest BCUT2D eigenvalue weighted by atomic mass is 15.2. The van der Waals surface area contributed by atoms with Crippen LogP contribution in [0.3, 0.4) is 0 Å². The number of hydrogen-bond donors (Lipinski definition) is 1. The molecule has 1 aliphatic heterocycles. The first kappa shape index (κ1) is 19.4. The summed E-state index contributed by atoms with van der Waals surface area (Å²) < 4.78 is 0. The van der Waals surface area contributed by atoms with Gasteiger partial charge in [0, 0.05) is 25.2 Å². The molecular formula is C21H37N3. The third kappa shape index (κ3) is 5.87. The maximum Gasteiger partial charge on any atom is 0.0242 e. The Morgan fingerprint density at radius 1 is 1.08 bits per heavy atom. The van der Waals surface area contributed by atoms with Crippen LogP contribution in [0.5, 0.6) is 0 Å². The number of likely N-dealkylation sites (N-methyl/N-ethyl adjacent to an activating group) is 1. The van der Waals surface area contributed by atoms with Crippen LogP contribution < -0.4 is 5.32 Å². The maximum atomic E-state index is 3.87. The van der Waals surface area contributed by atoms with Crippen LogP contribution in [0, 0.1) is 5.92 Å². The molecule has 3 heteroatoms. The van der Waals surface area contributed by atoms with Crippen LogP contribution in [0.25, 0.3) is 0 Å². The number of nitrogens with one attached hydrogen (secondary N) is 1. The van der Waals surface area contributed by atoms with Gasteiger partial charge in [-0.2, -0.15) is 0 Å². The van der Waals surface area contributed by atoms with Crippen molar-refractivity contribution in [2.75, 3.05) is 33.7 Å². The van der Waals surface area contributed by atoms with Gasteiger partial charge in [-0.15, -0.1) is 0 Å². The number of rotatable bonds is 9. The van der Waals surface area contributed by atoms with Crippen molar-refractivity contribution in [3.05, 3.63) is 35.9 Å². The monoisotopic (exact) mass is 331 g/mol. The van der Waals surface area contributed by atoms with Gasteiger partial charge in [0.1, 0.15) is 0 Å². The SMILES string of the molecule is CCC(CC)C(CNC1CCN(Cc2ccccc2)CC1)N(C)C. The van der Waals surface area contributed by atoms with Crippen molar-refractivity contribution in [2.24, 2.45) is 5.92 Å². The van der Waals surface area contributed by atoms with Crippen molar-refractivity contribution < 1.29 is 0 Å². The molecule has 0 aromatic heterocycles. The third-order valence-corrected chi connectivity index (χ3v) is 5.71. The first-order chi connectivity index (χ1) is 11.6. The lowest BCUT2D eigenvalue weighted by atomic mass is 9.92. The molecule has 1 aliphatic rings. The molecule has 1 fully saturated rings. The lowest BCUT2D eigenvalue weighted by Gasteiger charge is -2.36. The summed E-state index contributed by atoms with van der Waals surface area (Å²) in [5.74, 6) is 0.797. The molecule has 1 atom stereocenters. The average molecular weight is 332 g/mol. The second kappa shape index (κ2) is 10.2. The lowest BCUT2D eigenvalue weighted by molar-refractivity contribution is 0.161. The summed E-state index contributed by atoms with van der Waals surface area (Å²) in [7, 11) is 4.46. The van der Waals surface area contributed by atoms with E-state index in [4.69, 9.17) is 0 Å². The standard InChI is InChI=1S/C21H37N3/c1-5-19(6-2)21(23(3)4)16-22-20-12-14-24(15-13-20)17-18-10-8-7-9-11-18/h7-11,19-22H,5-6,12-17H2,1-4H3. The van der Waals surface area contributed by atoms with Crippen molar-refractivity contribution in [1.82, 2.24) is 15.1 Å². The van der Waals surface area contributed by atoms with E-state index >= 15 is 0 Å². The fraction of sp³-hybridized carbons (Fsp3) is 0.714. The Kier molecular flexibility index (Phi) is 8.23. The minimum atomic E-state index is 0.655. The van der Waals surface area contributed by atoms with E-state index in [9.17, 15) is 0 Å². The van der Waals surface area contributed by atoms with Crippen LogP contribution in [0.15, 0.2) is 30.3 Å². The van der Waals surface area contributed by atoms with Crippen molar-refractivity contribution in [3.63, 3.8) is 0 Å². The molecule has 0 amide bonds. The van der Waals surface area contributed by atoms with Gasteiger partial charge in [0.25, 0.3) is 0 Å². The molecule has 0 aliphatic carbocycles. The van der Waals surface area contributed by atoms with Crippen molar-refractivity contribution in [3.8, 4) is 0 Å². The molecule has 0 radical (unpaired) electrons. The molecule has 1 aromatic rings. The van der Waals surface area contributed by atoms with Crippen LogP contribution in [0.2, 0.25) is 0 Å². The molecule has 1 unspecified atom stereocenters. The van der Waals surface area contributed by atoms with Gasteiger partial charge in [-0.05, 0) is 51.5 Å². The number of likely N-dealkylation sites (tertiary alicyclic amines) is 1. The first-order valence-electron chi connectivity index (χ1n) is 9.80. The molecule has 3 nitrogen and oxygen atoms in total. The molecule has 0 spiro atoms. The van der Waals surface area contributed by atoms with Crippen LogP contribution in [-0.4, -0.2) is 55.6 Å². The largest absolute Gasteiger partial charge is 0.312 e. The molecule has 1 heterocycles. The Bertz CT molecular complexity index is 434. The minimum absolute atomic E-state index is 0.655. The molecule has 0 bridgehead atoms. The molecule has 1 saturated heterocycles. The van der Waals surface area contributed by atoms with Gasteiger partial charge in [-0.25, -0.2) is 0 Å². The summed E-state index contributed by atoms with van der Waals surface area (Å²) in [6, 6.07) is 12.2. The Balaban J connectivity index is 1.74. The Morgan fingerprint density at radius 2 is 1.71 bits per heavy atom. The van der Waals surface area contributed by atoms with Gasteiger partial charge in [0.15, 0.2) is 0 Å². The van der Waals surface area contributed by atoms with Crippen LogP contribution in [0.1, 0.15) is 45.1 Å². The predicted molar refractivity (Wildman–Crippen MR) is 104 cm³/mol. The van der Waals surface area contributed by atoms with Gasteiger partial charge in [0.05, 0.1) is 0 Å². The van der Waals surface area contributed by atoms with E-state index in [1.807, 2.05) is 0 Å². The Morgan fingerprint density at radius 3 is 2.25 bits per heavy atom. The summed E-state index contributed by atoms with van der Waals surface area (Å²) in [6.07, 6.45) is 5.10. The van der Waals surface area contributed by atoms with E-state index in [-0.39, 0.29) is 0 Å². The van der Waals surface area contributed by atoms with Crippen molar-refractivity contribution in [2.45, 2.75) is 58.2 Å². The summed E-state index contributed by atoms with van der Waals surface area (Å²) in [5, 5.41) is 3.87. The van der Waals surface area contributed by atoms with Gasteiger partial charge < -0.3 is 10.2 Å². The summed E-state index contributed by atoms with van der Waals surface area (Å²) in [5.41, 5.74) is 1.44. The Labute approximate surface area is 149 Å². The number of hydrogen-bond acceptors (Lipinski definition) is 3. The van der Waals surface area contributed by atoms with E-state index in [0.29, 0.717) is 12.1 Å². The van der Waals surface area contributed by atoms with E-state index in [1.165, 1.54) is 44.3 Å². The van der Waals surface area contributed by atoms with E-state index in [2.05, 4.69) is 73.4 Å². The number of benzene rings is 1. The zero-order chi connectivity index (χ0) is 17.4. The molecule has 136 valence electrons. The second-order valence-electron chi connectivity index (χ2n) is 7.55. The number of nitrogens with zero attached hydrogens (tertiary/aromatic N) is 2. The summed E-state index contributed by atoms with van der Waals surface area (Å²) in [4.78, 5) is 5.01. The zero-order valence-corrected chi connectivity index (χ0v) is 16.2. The van der Waals surface area contributed by atoms with Crippen LogP contribution >= 0.6 is 0 Å². The summed E-state index contributed by atoms with van der Waals surface area (Å²) in [6.45, 7) is 9.30. The van der Waals surface area contributed by atoms with Crippen LogP contribution in [0.4, 0.5) is 0 Å². The van der Waals surface area contributed by atoms with Crippen molar-refractivity contribution in [1.29, 1.82) is 0 Å². The van der Waals surface area contributed by atoms with Gasteiger partial charge >= 0.3 is 0 Å². The van der Waals surface area contributed by atoms with Crippen molar-refractivity contribution >= 4 is 0 Å². The first-order valence-corrected chi connectivity index (χ1v) is 9.80. The summed E-state index contributed by atoms with van der Waals surface area (Å²) >= 11 is 0. The predicted octanol–water partition coefficient (Wildman–Crippen LogP) is 3.61. The van der Waals surface area contributed by atoms with Gasteiger partial charge in [-0.3, -0.25) is 4.90 Å². The highest BCUT2D eigenvalue weighted by Crippen LogP contribution is 2.18. The fourth-order valence-corrected chi connectivity index (χ4v) is 4.03. The second-order valence-corrected chi connectivity index (χ2v) is 7.55. The topological polar surface area (TPSA) is 18.5 Å².